The molecule has 4 aromatic rings. The van der Waals surface area contributed by atoms with E-state index in [9.17, 15) is 14.7 Å². The molecule has 2 fully saturated rings. The topological polar surface area (TPSA) is 98.2 Å². The zero-order chi connectivity index (χ0) is 36.0. The molecule has 3 aromatic carbocycles. The van der Waals surface area contributed by atoms with Gasteiger partial charge < -0.3 is 20.1 Å². The van der Waals surface area contributed by atoms with Crippen LogP contribution in [0.2, 0.25) is 0 Å². The van der Waals surface area contributed by atoms with Crippen molar-refractivity contribution in [3.05, 3.63) is 108 Å². The van der Waals surface area contributed by atoms with Crippen LogP contribution in [-0.4, -0.2) is 108 Å². The number of hydrogen-bond acceptors (Lipinski definition) is 7. The van der Waals surface area contributed by atoms with Crippen molar-refractivity contribution in [2.24, 2.45) is 5.92 Å². The molecule has 0 radical (unpaired) electrons. The third kappa shape index (κ3) is 11.3. The first-order chi connectivity index (χ1) is 25.5. The Bertz CT molecular complexity index is 1620. The number of piperidine rings is 1. The van der Waals surface area contributed by atoms with Crippen molar-refractivity contribution >= 4 is 22.7 Å². The fourth-order valence-corrected chi connectivity index (χ4v) is 7.55. The third-order valence-electron chi connectivity index (χ3n) is 10.6. The lowest BCUT2D eigenvalue weighted by atomic mass is 9.94. The lowest BCUT2D eigenvalue weighted by molar-refractivity contribution is -0.137. The molecule has 0 unspecified atom stereocenters. The summed E-state index contributed by atoms with van der Waals surface area (Å²) in [4.78, 5) is 37.5. The number of carbonyl (C=O) groups excluding carboxylic acids is 2. The van der Waals surface area contributed by atoms with Crippen molar-refractivity contribution in [3.8, 4) is 5.75 Å². The minimum atomic E-state index is -0.613. The molecule has 3 heterocycles. The number of ether oxygens (including phenoxy) is 1. The van der Waals surface area contributed by atoms with Crippen molar-refractivity contribution in [2.45, 2.75) is 63.5 Å². The van der Waals surface area contributed by atoms with Gasteiger partial charge in [-0.05, 0) is 86.8 Å². The number of aliphatic hydroxyl groups excluding tert-OH is 1. The van der Waals surface area contributed by atoms with Crippen molar-refractivity contribution in [1.29, 1.82) is 0 Å². The number of carbonyl (C=O) groups is 2. The molecule has 2 aliphatic rings. The number of fused-ring (bicyclic) bond motifs is 1. The Morgan fingerprint density at radius 1 is 0.769 bits per heavy atom. The average molecular weight is 706 g/mol. The molecular formula is C43H55N5O4. The van der Waals surface area contributed by atoms with Crippen molar-refractivity contribution in [1.82, 2.24) is 25.0 Å². The number of nitrogens with zero attached hydrogens (tertiary/aromatic N) is 4. The van der Waals surface area contributed by atoms with Crippen LogP contribution >= 0.6 is 0 Å². The molecule has 0 aliphatic carbocycles. The predicted molar refractivity (Wildman–Crippen MR) is 206 cm³/mol. The molecule has 1 aromatic heterocycles. The Morgan fingerprint density at radius 3 is 2.06 bits per heavy atom. The Labute approximate surface area is 309 Å². The lowest BCUT2D eigenvalue weighted by Gasteiger charge is -2.37. The van der Waals surface area contributed by atoms with Gasteiger partial charge >= 0.3 is 0 Å². The summed E-state index contributed by atoms with van der Waals surface area (Å²) >= 11 is 0. The monoisotopic (exact) mass is 705 g/mol. The molecule has 6 rings (SSSR count). The average Bonchev–Trinajstić information content (AvgIpc) is 3.18. The molecule has 0 spiro atoms. The molecule has 9 heteroatoms. The number of β-amino-alcohol motifs (C(OH)–C–C–N with tert-alkyl or cyclic N) is 1. The summed E-state index contributed by atoms with van der Waals surface area (Å²) in [7, 11) is 0. The van der Waals surface area contributed by atoms with Crippen LogP contribution in [0.25, 0.3) is 10.9 Å². The summed E-state index contributed by atoms with van der Waals surface area (Å²) in [5.74, 6) is 0.969. The van der Waals surface area contributed by atoms with E-state index in [2.05, 4.69) is 80.8 Å². The van der Waals surface area contributed by atoms with Gasteiger partial charge in [-0.1, -0.05) is 66.7 Å². The highest BCUT2D eigenvalue weighted by atomic mass is 16.5. The van der Waals surface area contributed by atoms with Gasteiger partial charge in [0, 0.05) is 69.4 Å². The second kappa shape index (κ2) is 19.5. The van der Waals surface area contributed by atoms with Crippen LogP contribution in [0, 0.1) is 5.92 Å². The second-order valence-electron chi connectivity index (χ2n) is 14.5. The molecular weight excluding hydrogens is 651 g/mol. The summed E-state index contributed by atoms with van der Waals surface area (Å²) in [5.41, 5.74) is 3.55. The Kier molecular flexibility index (Phi) is 14.0. The fraction of sp³-hybridized carbons (Fsp3) is 0.465. The van der Waals surface area contributed by atoms with Gasteiger partial charge in [0.2, 0.25) is 11.8 Å². The number of aliphatic hydroxyl groups is 1. The molecule has 2 amide bonds. The smallest absolute Gasteiger partial charge is 0.236 e. The van der Waals surface area contributed by atoms with Crippen LogP contribution < -0.4 is 10.1 Å². The van der Waals surface area contributed by atoms with E-state index in [1.807, 2.05) is 35.2 Å². The standard InChI is InChI=1S/C43H55N5O4/c49-38(33-52-41-21-9-20-40-39(41)19-10-24-44-40)31-46-27-29-47(30-28-46)32-42(50)48-25-22-36(23-26-48)43(51)45-37(17-7-15-34-11-3-1-4-12-34)18-8-16-35-13-5-2-6-14-35/h1-6,9-14,19-21,24,36-38,49H,7-8,15-18,22-23,25-33H2,(H,45,51)/t38-/m1/s1. The number of hydrogen-bond donors (Lipinski definition) is 2. The maximum atomic E-state index is 13.5. The number of likely N-dealkylation sites (tertiary alicyclic amines) is 1. The number of aryl methyl sites for hydroxylation is 2. The number of amides is 2. The van der Waals surface area contributed by atoms with Crippen LogP contribution in [0.5, 0.6) is 5.75 Å². The molecule has 276 valence electrons. The Balaban J connectivity index is 0.885. The first-order valence-corrected chi connectivity index (χ1v) is 19.3. The van der Waals surface area contributed by atoms with E-state index >= 15 is 0 Å². The molecule has 2 N–H and O–H groups in total. The minimum absolute atomic E-state index is 0.0500. The number of rotatable bonds is 17. The second-order valence-corrected chi connectivity index (χ2v) is 14.5. The van der Waals surface area contributed by atoms with E-state index in [0.717, 1.165) is 81.4 Å². The van der Waals surface area contributed by atoms with Gasteiger partial charge in [-0.3, -0.25) is 24.4 Å². The molecule has 0 bridgehead atoms. The van der Waals surface area contributed by atoms with E-state index in [0.29, 0.717) is 39.0 Å². The highest BCUT2D eigenvalue weighted by Crippen LogP contribution is 2.24. The van der Waals surface area contributed by atoms with Crippen LogP contribution in [0.4, 0.5) is 0 Å². The minimum Gasteiger partial charge on any atom is -0.490 e. The summed E-state index contributed by atoms with van der Waals surface area (Å²) in [6.07, 6.45) is 8.62. The summed E-state index contributed by atoms with van der Waals surface area (Å²) in [6, 6.07) is 30.9. The van der Waals surface area contributed by atoms with Gasteiger partial charge in [0.25, 0.3) is 0 Å². The SMILES string of the molecule is O=C(NC(CCCc1ccccc1)CCCc1ccccc1)C1CCN(C(=O)CN2CCN(C[C@@H](O)COc3cccc4ncccc34)CC2)CC1. The van der Waals surface area contributed by atoms with Crippen molar-refractivity contribution < 1.29 is 19.4 Å². The van der Waals surface area contributed by atoms with Gasteiger partial charge in [0.15, 0.2) is 0 Å². The number of benzene rings is 3. The van der Waals surface area contributed by atoms with Crippen LogP contribution in [0.15, 0.2) is 97.2 Å². The summed E-state index contributed by atoms with van der Waals surface area (Å²) in [5, 5.41) is 15.1. The van der Waals surface area contributed by atoms with Crippen molar-refractivity contribution in [2.75, 3.05) is 59.0 Å². The van der Waals surface area contributed by atoms with Crippen molar-refractivity contribution in [3.63, 3.8) is 0 Å². The maximum Gasteiger partial charge on any atom is 0.236 e. The van der Waals surface area contributed by atoms with Gasteiger partial charge in [-0.15, -0.1) is 0 Å². The van der Waals surface area contributed by atoms with Gasteiger partial charge in [-0.25, -0.2) is 0 Å². The molecule has 0 saturated carbocycles. The molecule has 2 aliphatic heterocycles. The molecule has 52 heavy (non-hydrogen) atoms. The van der Waals surface area contributed by atoms with E-state index in [4.69, 9.17) is 4.74 Å². The largest absolute Gasteiger partial charge is 0.490 e. The zero-order valence-corrected chi connectivity index (χ0v) is 30.5. The van der Waals surface area contributed by atoms with E-state index in [-0.39, 0.29) is 30.4 Å². The van der Waals surface area contributed by atoms with E-state index in [1.165, 1.54) is 11.1 Å². The predicted octanol–water partition coefficient (Wildman–Crippen LogP) is 5.36. The van der Waals surface area contributed by atoms with E-state index < -0.39 is 6.10 Å². The summed E-state index contributed by atoms with van der Waals surface area (Å²) < 4.78 is 5.96. The fourth-order valence-electron chi connectivity index (χ4n) is 7.55. The first-order valence-electron chi connectivity index (χ1n) is 19.3. The molecule has 1 atom stereocenters. The van der Waals surface area contributed by atoms with Gasteiger partial charge in [0.1, 0.15) is 18.5 Å². The summed E-state index contributed by atoms with van der Waals surface area (Å²) in [6.45, 7) is 5.55. The van der Waals surface area contributed by atoms with Crippen LogP contribution in [0.1, 0.15) is 49.7 Å². The Hall–Kier alpha value is -4.31. The highest BCUT2D eigenvalue weighted by Gasteiger charge is 2.30. The van der Waals surface area contributed by atoms with Gasteiger partial charge in [0.05, 0.1) is 12.1 Å². The molecule has 2 saturated heterocycles. The number of nitrogens with one attached hydrogen (secondary N) is 1. The zero-order valence-electron chi connectivity index (χ0n) is 30.5. The number of piperazine rings is 1. The number of aromatic nitrogens is 1. The first kappa shape index (κ1) is 37.4. The third-order valence-corrected chi connectivity index (χ3v) is 10.6. The Morgan fingerprint density at radius 2 is 1.40 bits per heavy atom. The normalized spacial score (nSPS) is 16.6. The highest BCUT2D eigenvalue weighted by molar-refractivity contribution is 5.84. The van der Waals surface area contributed by atoms with Crippen LogP contribution in [-0.2, 0) is 22.4 Å². The van der Waals surface area contributed by atoms with E-state index in [1.54, 1.807) is 6.20 Å². The number of pyridine rings is 1. The quantitative estimate of drug-likeness (QED) is 0.153. The molecule has 9 nitrogen and oxygen atoms in total. The van der Waals surface area contributed by atoms with Crippen LogP contribution in [0.3, 0.4) is 0 Å². The maximum absolute atomic E-state index is 13.5. The van der Waals surface area contributed by atoms with Gasteiger partial charge in [-0.2, -0.15) is 0 Å². The lowest BCUT2D eigenvalue weighted by Crippen LogP contribution is -2.53.